The van der Waals surface area contributed by atoms with Crippen LogP contribution >= 0.6 is 0 Å². The zero-order valence-corrected chi connectivity index (χ0v) is 16.6. The average molecular weight is 357 g/mol. The molecule has 0 bridgehead atoms. The lowest BCUT2D eigenvalue weighted by Gasteiger charge is -2.37. The fourth-order valence-corrected chi connectivity index (χ4v) is 5.37. The van der Waals surface area contributed by atoms with Crippen molar-refractivity contribution in [2.45, 2.75) is 89.9 Å². The molecule has 3 rings (SSSR count). The van der Waals surface area contributed by atoms with E-state index in [4.69, 9.17) is 0 Å². The second-order valence-electron chi connectivity index (χ2n) is 8.80. The molecule has 0 nitrogen and oxygen atoms in total. The Morgan fingerprint density at radius 3 is 2.04 bits per heavy atom. The van der Waals surface area contributed by atoms with E-state index in [2.05, 4.69) is 31.2 Å². The van der Waals surface area contributed by atoms with Gasteiger partial charge >= 0.3 is 0 Å². The fraction of sp³-hybridized carbons (Fsp3) is 0.680. The van der Waals surface area contributed by atoms with E-state index in [9.17, 15) is 4.39 Å². The predicted octanol–water partition coefficient (Wildman–Crippen LogP) is 7.98. The zero-order chi connectivity index (χ0) is 18.2. The molecule has 0 aromatic heterocycles. The summed E-state index contributed by atoms with van der Waals surface area (Å²) in [6.45, 7) is 2.27. The molecule has 0 amide bonds. The van der Waals surface area contributed by atoms with Crippen LogP contribution in [0.15, 0.2) is 36.7 Å². The minimum absolute atomic E-state index is 0.503. The van der Waals surface area contributed by atoms with Crippen molar-refractivity contribution in [3.63, 3.8) is 0 Å². The Labute approximate surface area is 160 Å². The van der Waals surface area contributed by atoms with Gasteiger partial charge in [-0.1, -0.05) is 50.1 Å². The van der Waals surface area contributed by atoms with Crippen LogP contribution < -0.4 is 0 Å². The third-order valence-electron chi connectivity index (χ3n) is 7.12. The number of rotatable bonds is 7. The second kappa shape index (κ2) is 10.3. The van der Waals surface area contributed by atoms with Crippen LogP contribution in [0.25, 0.3) is 0 Å². The van der Waals surface area contributed by atoms with E-state index in [1.165, 1.54) is 82.6 Å². The molecule has 26 heavy (non-hydrogen) atoms. The molecule has 2 aliphatic rings. The summed E-state index contributed by atoms with van der Waals surface area (Å²) in [6, 6.07) is 9.55. The molecule has 0 spiro atoms. The summed E-state index contributed by atoms with van der Waals surface area (Å²) in [6.07, 6.45) is 18.3. The molecule has 0 radical (unpaired) electrons. The van der Waals surface area contributed by atoms with Crippen molar-refractivity contribution in [3.8, 4) is 0 Å². The minimum Gasteiger partial charge on any atom is -0.216 e. The highest BCUT2D eigenvalue weighted by atomic mass is 19.1. The second-order valence-corrected chi connectivity index (χ2v) is 8.80. The predicted molar refractivity (Wildman–Crippen MR) is 110 cm³/mol. The Morgan fingerprint density at radius 1 is 0.846 bits per heavy atom. The maximum absolute atomic E-state index is 12.4. The molecule has 0 N–H and O–H groups in total. The Balaban J connectivity index is 1.43. The summed E-state index contributed by atoms with van der Waals surface area (Å²) in [4.78, 5) is 0. The molecule has 0 saturated heterocycles. The number of aryl methyl sites for hydroxylation is 1. The third-order valence-corrected chi connectivity index (χ3v) is 7.12. The van der Waals surface area contributed by atoms with Crippen LogP contribution in [0.4, 0.5) is 4.39 Å². The number of unbranched alkanes of at least 4 members (excludes halogenated alkanes) is 2. The van der Waals surface area contributed by atoms with Crippen LogP contribution in [-0.2, 0) is 6.42 Å². The van der Waals surface area contributed by atoms with Crippen LogP contribution in [0.3, 0.4) is 0 Å². The molecular formula is C25H37F. The molecule has 0 unspecified atom stereocenters. The van der Waals surface area contributed by atoms with E-state index < -0.39 is 0 Å². The van der Waals surface area contributed by atoms with Crippen molar-refractivity contribution in [3.05, 3.63) is 47.8 Å². The van der Waals surface area contributed by atoms with Crippen molar-refractivity contribution in [2.24, 2.45) is 17.8 Å². The van der Waals surface area contributed by atoms with Gasteiger partial charge in [0.05, 0.1) is 6.33 Å². The highest BCUT2D eigenvalue weighted by Crippen LogP contribution is 2.44. The first kappa shape index (κ1) is 19.6. The molecule has 2 fully saturated rings. The van der Waals surface area contributed by atoms with Gasteiger partial charge in [0.1, 0.15) is 0 Å². The number of hydrogen-bond acceptors (Lipinski definition) is 0. The molecular weight excluding hydrogens is 319 g/mol. The van der Waals surface area contributed by atoms with E-state index in [1.807, 2.05) is 0 Å². The van der Waals surface area contributed by atoms with Crippen LogP contribution in [0, 0.1) is 17.8 Å². The molecule has 2 saturated carbocycles. The van der Waals surface area contributed by atoms with Gasteiger partial charge in [-0.25, -0.2) is 4.39 Å². The first-order valence-electron chi connectivity index (χ1n) is 11.2. The summed E-state index contributed by atoms with van der Waals surface area (Å²) < 4.78 is 12.4. The monoisotopic (exact) mass is 356 g/mol. The summed E-state index contributed by atoms with van der Waals surface area (Å²) in [5.41, 5.74) is 3.08. The Kier molecular flexibility index (Phi) is 7.77. The van der Waals surface area contributed by atoms with Gasteiger partial charge in [-0.05, 0) is 99.0 Å². The first-order chi connectivity index (χ1) is 12.8. The van der Waals surface area contributed by atoms with Crippen molar-refractivity contribution in [1.29, 1.82) is 0 Å². The lowest BCUT2D eigenvalue weighted by atomic mass is 9.68. The van der Waals surface area contributed by atoms with Gasteiger partial charge < -0.3 is 0 Å². The van der Waals surface area contributed by atoms with Gasteiger partial charge in [-0.15, -0.1) is 0 Å². The number of halogens is 1. The van der Waals surface area contributed by atoms with Gasteiger partial charge in [-0.2, -0.15) is 0 Å². The Morgan fingerprint density at radius 2 is 1.46 bits per heavy atom. The smallest absolute Gasteiger partial charge is 0.0829 e. The molecule has 2 aliphatic carbocycles. The molecule has 0 aliphatic heterocycles. The summed E-state index contributed by atoms with van der Waals surface area (Å²) in [7, 11) is 0. The Hall–Kier alpha value is -1.11. The number of allylic oxidation sites excluding steroid dienone is 1. The van der Waals surface area contributed by atoms with Crippen LogP contribution in [0.2, 0.25) is 0 Å². The third kappa shape index (κ3) is 5.44. The summed E-state index contributed by atoms with van der Waals surface area (Å²) in [5, 5.41) is 0. The lowest BCUT2D eigenvalue weighted by molar-refractivity contribution is 0.171. The number of benzene rings is 1. The molecule has 1 aromatic rings. The molecule has 0 atom stereocenters. The van der Waals surface area contributed by atoms with Crippen molar-refractivity contribution >= 4 is 0 Å². The van der Waals surface area contributed by atoms with Gasteiger partial charge in [0.25, 0.3) is 0 Å². The van der Waals surface area contributed by atoms with Crippen molar-refractivity contribution in [2.75, 3.05) is 0 Å². The van der Waals surface area contributed by atoms with Crippen LogP contribution in [-0.4, -0.2) is 0 Å². The number of hydrogen-bond donors (Lipinski definition) is 0. The Bertz CT molecular complexity index is 528. The minimum atomic E-state index is 0.503. The highest BCUT2D eigenvalue weighted by Gasteiger charge is 2.30. The van der Waals surface area contributed by atoms with E-state index in [1.54, 1.807) is 11.6 Å². The first-order valence-corrected chi connectivity index (χ1v) is 11.2. The van der Waals surface area contributed by atoms with E-state index in [-0.39, 0.29) is 0 Å². The van der Waals surface area contributed by atoms with E-state index in [0.717, 1.165) is 24.1 Å². The molecule has 144 valence electrons. The molecule has 1 aromatic carbocycles. The van der Waals surface area contributed by atoms with E-state index in [0.29, 0.717) is 5.92 Å². The summed E-state index contributed by atoms with van der Waals surface area (Å²) >= 11 is 0. The molecule has 0 heterocycles. The molecule has 1 heteroatoms. The van der Waals surface area contributed by atoms with Crippen molar-refractivity contribution in [1.82, 2.24) is 0 Å². The summed E-state index contributed by atoms with van der Waals surface area (Å²) in [5.74, 6) is 3.11. The van der Waals surface area contributed by atoms with Crippen LogP contribution in [0.1, 0.15) is 94.6 Å². The van der Waals surface area contributed by atoms with Crippen LogP contribution in [0.5, 0.6) is 0 Å². The SMILES string of the molecule is CCCCCc1ccc(C2CCC(C3CCC(C=CF)CC3)CC2)cc1. The maximum atomic E-state index is 12.4. The fourth-order valence-electron chi connectivity index (χ4n) is 5.37. The van der Waals surface area contributed by atoms with Gasteiger partial charge in [0.2, 0.25) is 0 Å². The maximum Gasteiger partial charge on any atom is 0.0829 e. The van der Waals surface area contributed by atoms with Gasteiger partial charge in [0, 0.05) is 0 Å². The lowest BCUT2D eigenvalue weighted by Crippen LogP contribution is -2.25. The van der Waals surface area contributed by atoms with Crippen molar-refractivity contribution < 1.29 is 4.39 Å². The standard InChI is InChI=1S/C25H37F/c1-2-3-4-5-20-6-10-22(11-7-20)24-14-16-25(17-15-24)23-12-8-21(9-13-23)18-19-26/h6-7,10-11,18-19,21,23-25H,2-5,8-9,12-17H2,1H3. The zero-order valence-electron chi connectivity index (χ0n) is 16.6. The topological polar surface area (TPSA) is 0 Å². The van der Waals surface area contributed by atoms with E-state index >= 15 is 0 Å². The largest absolute Gasteiger partial charge is 0.216 e. The van der Waals surface area contributed by atoms with Gasteiger partial charge in [0.15, 0.2) is 0 Å². The quantitative estimate of drug-likeness (QED) is 0.434. The van der Waals surface area contributed by atoms with Gasteiger partial charge in [-0.3, -0.25) is 0 Å². The average Bonchev–Trinajstić information content (AvgIpc) is 2.70. The highest BCUT2D eigenvalue weighted by molar-refractivity contribution is 5.26. The normalized spacial score (nSPS) is 29.9.